The van der Waals surface area contributed by atoms with Gasteiger partial charge in [0, 0.05) is 63.2 Å². The predicted molar refractivity (Wildman–Crippen MR) is 216 cm³/mol. The Labute approximate surface area is 337 Å². The first-order valence-corrected chi connectivity index (χ1v) is 20.5. The first-order chi connectivity index (χ1) is 27.5. The van der Waals surface area contributed by atoms with Crippen LogP contribution in [0.25, 0.3) is 10.9 Å². The standard InChI is InChI=1S/C42H49ClN10O4/c1-42(2)21-27(24-50-17-14-30(15-18-50)53-37-5-3-4-36(33(37)23-45-53)52-19-16-39(54)47-41(52)56)25-51(26-42)38-13-12-35(48-49-38)40(55)46-29-7-10-31(11-8-29)57-32-9-6-28(22-44)34(43)20-32/h3-6,9,12-13,20,23,27,29-31H,7-8,10-11,14-19,21,24-26H2,1-2H3,(H,46,55)(H,47,54,56)/t27?,29-,31-. The number of carbonyl (C=O) groups is 3. The number of imide groups is 1. The molecule has 4 fully saturated rings. The van der Waals surface area contributed by atoms with E-state index in [2.05, 4.69) is 61.3 Å². The van der Waals surface area contributed by atoms with Crippen LogP contribution < -0.4 is 25.2 Å². The molecule has 5 heterocycles. The second kappa shape index (κ2) is 16.3. The molecule has 3 saturated heterocycles. The van der Waals surface area contributed by atoms with Gasteiger partial charge in [-0.3, -0.25) is 24.5 Å². The van der Waals surface area contributed by atoms with Crippen LogP contribution in [0.3, 0.4) is 0 Å². The zero-order chi connectivity index (χ0) is 39.7. The number of nitrogens with zero attached hydrogens (tertiary/aromatic N) is 8. The van der Waals surface area contributed by atoms with Gasteiger partial charge in [-0.25, -0.2) is 4.79 Å². The minimum absolute atomic E-state index is 0.0240. The van der Waals surface area contributed by atoms with Crippen LogP contribution in [0.1, 0.15) is 87.3 Å². The van der Waals surface area contributed by atoms with Gasteiger partial charge in [0.15, 0.2) is 11.5 Å². The molecule has 2 N–H and O–H groups in total. The number of nitrogens with one attached hydrogen (secondary N) is 2. The lowest BCUT2D eigenvalue weighted by atomic mass is 9.78. The number of anilines is 2. The molecule has 1 unspecified atom stereocenters. The molecule has 0 bridgehead atoms. The van der Waals surface area contributed by atoms with Crippen molar-refractivity contribution in [1.82, 2.24) is 35.5 Å². The molecular weight excluding hydrogens is 744 g/mol. The fraction of sp³-hybridized carbons (Fsp3) is 0.500. The molecule has 15 heteroatoms. The Morgan fingerprint density at radius 1 is 1.04 bits per heavy atom. The van der Waals surface area contributed by atoms with Gasteiger partial charge in [0.25, 0.3) is 5.91 Å². The molecular formula is C42H49ClN10O4. The smallest absolute Gasteiger partial charge is 0.328 e. The highest BCUT2D eigenvalue weighted by Crippen LogP contribution is 2.37. The van der Waals surface area contributed by atoms with E-state index in [0.717, 1.165) is 100 Å². The van der Waals surface area contributed by atoms with Gasteiger partial charge in [0.1, 0.15) is 11.8 Å². The second-order valence-electron chi connectivity index (χ2n) is 16.8. The average Bonchev–Trinajstić information content (AvgIpc) is 3.63. The van der Waals surface area contributed by atoms with Crippen molar-refractivity contribution in [1.29, 1.82) is 5.26 Å². The normalized spacial score (nSPS) is 23.2. The van der Waals surface area contributed by atoms with Crippen LogP contribution in [0, 0.1) is 22.7 Å². The molecule has 0 radical (unpaired) electrons. The third-order valence-electron chi connectivity index (χ3n) is 11.9. The molecule has 3 aliphatic heterocycles. The number of halogens is 1. The number of likely N-dealkylation sites (tertiary alicyclic amines) is 1. The molecule has 4 amide bonds. The molecule has 8 rings (SSSR count). The van der Waals surface area contributed by atoms with Crippen LogP contribution in [0.5, 0.6) is 5.75 Å². The number of fused-ring (bicyclic) bond motifs is 1. The number of hydrogen-bond acceptors (Lipinski definition) is 10. The second-order valence-corrected chi connectivity index (χ2v) is 17.2. The molecule has 298 valence electrons. The van der Waals surface area contributed by atoms with Crippen molar-refractivity contribution in [3.8, 4) is 11.8 Å². The van der Waals surface area contributed by atoms with Gasteiger partial charge in [-0.15, -0.1) is 10.2 Å². The van der Waals surface area contributed by atoms with Crippen molar-refractivity contribution in [3.63, 3.8) is 0 Å². The van der Waals surface area contributed by atoms with Crippen molar-refractivity contribution in [2.24, 2.45) is 11.3 Å². The van der Waals surface area contributed by atoms with Crippen molar-refractivity contribution < 1.29 is 19.1 Å². The number of piperidine rings is 2. The van der Waals surface area contributed by atoms with E-state index in [-0.39, 0.29) is 47.9 Å². The van der Waals surface area contributed by atoms with Gasteiger partial charge in [-0.1, -0.05) is 31.5 Å². The van der Waals surface area contributed by atoms with Crippen LogP contribution in [0.2, 0.25) is 5.02 Å². The zero-order valence-corrected chi connectivity index (χ0v) is 33.2. The van der Waals surface area contributed by atoms with Gasteiger partial charge in [-0.2, -0.15) is 10.4 Å². The Kier molecular flexibility index (Phi) is 11.0. The van der Waals surface area contributed by atoms with Crippen LogP contribution in [-0.4, -0.2) is 94.1 Å². The lowest BCUT2D eigenvalue weighted by Crippen LogP contribution is -2.49. The van der Waals surface area contributed by atoms with E-state index in [0.29, 0.717) is 34.5 Å². The maximum Gasteiger partial charge on any atom is 0.328 e. The molecule has 1 atom stereocenters. The predicted octanol–water partition coefficient (Wildman–Crippen LogP) is 6.11. The number of nitriles is 1. The Hall–Kier alpha value is -5.26. The number of carbonyl (C=O) groups excluding carboxylic acids is 3. The summed E-state index contributed by atoms with van der Waals surface area (Å²) in [6.07, 6.45) is 8.42. The fourth-order valence-electron chi connectivity index (χ4n) is 9.24. The van der Waals surface area contributed by atoms with E-state index in [4.69, 9.17) is 26.7 Å². The maximum absolute atomic E-state index is 13.2. The van der Waals surface area contributed by atoms with Gasteiger partial charge >= 0.3 is 6.03 Å². The maximum atomic E-state index is 13.2. The molecule has 14 nitrogen and oxygen atoms in total. The Morgan fingerprint density at radius 2 is 1.84 bits per heavy atom. The number of hydrogen-bond donors (Lipinski definition) is 2. The van der Waals surface area contributed by atoms with Gasteiger partial charge in [-0.05, 0) is 92.7 Å². The summed E-state index contributed by atoms with van der Waals surface area (Å²) in [6.45, 7) is 9.69. The van der Waals surface area contributed by atoms with E-state index in [1.54, 1.807) is 29.2 Å². The molecule has 4 aliphatic rings. The molecule has 0 spiro atoms. The highest BCUT2D eigenvalue weighted by molar-refractivity contribution is 6.31. The molecule has 4 aromatic rings. The number of benzene rings is 2. The van der Waals surface area contributed by atoms with E-state index in [9.17, 15) is 14.4 Å². The summed E-state index contributed by atoms with van der Waals surface area (Å²) in [6, 6.07) is 16.7. The Morgan fingerprint density at radius 3 is 2.56 bits per heavy atom. The number of ether oxygens (including phenoxy) is 1. The van der Waals surface area contributed by atoms with Crippen molar-refractivity contribution >= 4 is 51.9 Å². The summed E-state index contributed by atoms with van der Waals surface area (Å²) in [5.41, 5.74) is 2.62. The third-order valence-corrected chi connectivity index (χ3v) is 12.2. The molecule has 57 heavy (non-hydrogen) atoms. The summed E-state index contributed by atoms with van der Waals surface area (Å²) in [5, 5.41) is 29.7. The van der Waals surface area contributed by atoms with Crippen LogP contribution >= 0.6 is 11.6 Å². The molecule has 1 aliphatic carbocycles. The largest absolute Gasteiger partial charge is 0.490 e. The minimum Gasteiger partial charge on any atom is -0.490 e. The summed E-state index contributed by atoms with van der Waals surface area (Å²) < 4.78 is 8.23. The van der Waals surface area contributed by atoms with Gasteiger partial charge in [0.2, 0.25) is 5.91 Å². The zero-order valence-electron chi connectivity index (χ0n) is 32.5. The van der Waals surface area contributed by atoms with Gasteiger partial charge < -0.3 is 19.9 Å². The summed E-state index contributed by atoms with van der Waals surface area (Å²) >= 11 is 6.17. The van der Waals surface area contributed by atoms with E-state index in [1.807, 2.05) is 24.4 Å². The topological polar surface area (TPSA) is 162 Å². The minimum atomic E-state index is -0.387. The molecule has 1 saturated carbocycles. The summed E-state index contributed by atoms with van der Waals surface area (Å²) in [5.74, 6) is 1.44. The highest BCUT2D eigenvalue weighted by atomic mass is 35.5. The molecule has 2 aromatic carbocycles. The highest BCUT2D eigenvalue weighted by Gasteiger charge is 2.36. The SMILES string of the molecule is CC1(C)CC(CN2CCC(n3ncc4c(N5CCC(=O)NC5=O)cccc43)CC2)CN(c2ccc(C(=O)N[C@H]3CC[C@H](Oc4ccc(C#N)c(Cl)c4)CC3)nn2)C1. The lowest BCUT2D eigenvalue weighted by Gasteiger charge is -2.45. The van der Waals surface area contributed by atoms with Crippen molar-refractivity contribution in [2.45, 2.75) is 83.4 Å². The first-order valence-electron chi connectivity index (χ1n) is 20.1. The Balaban J connectivity index is 0.821. The lowest BCUT2D eigenvalue weighted by molar-refractivity contribution is -0.120. The van der Waals surface area contributed by atoms with E-state index in [1.165, 1.54) is 0 Å². The number of aromatic nitrogens is 4. The quantitative estimate of drug-likeness (QED) is 0.203. The van der Waals surface area contributed by atoms with Crippen molar-refractivity contribution in [3.05, 3.63) is 71.0 Å². The molecule has 2 aromatic heterocycles. The number of rotatable bonds is 9. The monoisotopic (exact) mass is 792 g/mol. The van der Waals surface area contributed by atoms with Crippen LogP contribution in [-0.2, 0) is 4.79 Å². The first kappa shape index (κ1) is 38.6. The summed E-state index contributed by atoms with van der Waals surface area (Å²) in [7, 11) is 0. The van der Waals surface area contributed by atoms with Crippen LogP contribution in [0.4, 0.5) is 16.3 Å². The third kappa shape index (κ3) is 8.70. The van der Waals surface area contributed by atoms with E-state index >= 15 is 0 Å². The fourth-order valence-corrected chi connectivity index (χ4v) is 9.45. The van der Waals surface area contributed by atoms with Gasteiger partial charge in [0.05, 0.1) is 40.1 Å². The number of amides is 4. The van der Waals surface area contributed by atoms with E-state index < -0.39 is 0 Å². The van der Waals surface area contributed by atoms with Crippen LogP contribution in [0.15, 0.2) is 54.7 Å². The average molecular weight is 793 g/mol. The summed E-state index contributed by atoms with van der Waals surface area (Å²) in [4.78, 5) is 44.0. The van der Waals surface area contributed by atoms with Crippen molar-refractivity contribution in [2.75, 3.05) is 49.1 Å². The number of urea groups is 1. The Bertz CT molecular complexity index is 2170.